The van der Waals surface area contributed by atoms with Crippen molar-refractivity contribution in [3.63, 3.8) is 0 Å². The molecule has 0 aliphatic heterocycles. The average molecular weight is 397 g/mol. The Morgan fingerprint density at radius 3 is 2.26 bits per heavy atom. The SMILES string of the molecule is Cc1ccc(NCC(=O)NNC(=O)c2ccc(SC(F)(F)F)cc2)c(C)c1. The summed E-state index contributed by atoms with van der Waals surface area (Å²) in [6, 6.07) is 10.6. The second-order valence-electron chi connectivity index (χ2n) is 5.75. The topological polar surface area (TPSA) is 70.2 Å². The van der Waals surface area contributed by atoms with Crippen molar-refractivity contribution in [2.45, 2.75) is 24.3 Å². The Bertz CT molecular complexity index is 824. The molecule has 0 radical (unpaired) electrons. The summed E-state index contributed by atoms with van der Waals surface area (Å²) in [5, 5.41) is 2.96. The number of carbonyl (C=O) groups excluding carboxylic acids is 2. The molecule has 0 fully saturated rings. The van der Waals surface area contributed by atoms with Gasteiger partial charge in [-0.25, -0.2) is 0 Å². The summed E-state index contributed by atoms with van der Waals surface area (Å²) in [6.45, 7) is 3.83. The van der Waals surface area contributed by atoms with E-state index in [1.807, 2.05) is 32.0 Å². The van der Waals surface area contributed by atoms with Crippen LogP contribution in [0.2, 0.25) is 0 Å². The van der Waals surface area contributed by atoms with E-state index in [9.17, 15) is 22.8 Å². The van der Waals surface area contributed by atoms with Gasteiger partial charge in [0.25, 0.3) is 11.8 Å². The van der Waals surface area contributed by atoms with Crippen LogP contribution >= 0.6 is 11.8 Å². The first-order valence-electron chi connectivity index (χ1n) is 7.90. The number of hydrazine groups is 1. The number of hydrogen-bond donors (Lipinski definition) is 3. The highest BCUT2D eigenvalue weighted by molar-refractivity contribution is 8.00. The monoisotopic (exact) mass is 397 g/mol. The van der Waals surface area contributed by atoms with Gasteiger partial charge in [-0.1, -0.05) is 17.7 Å². The third-order valence-electron chi connectivity index (χ3n) is 3.49. The van der Waals surface area contributed by atoms with Crippen molar-refractivity contribution in [1.82, 2.24) is 10.9 Å². The molecule has 0 bridgehead atoms. The van der Waals surface area contributed by atoms with Crippen LogP contribution in [0.25, 0.3) is 0 Å². The molecule has 0 aliphatic carbocycles. The number of amides is 2. The van der Waals surface area contributed by atoms with Crippen molar-refractivity contribution in [2.75, 3.05) is 11.9 Å². The lowest BCUT2D eigenvalue weighted by Gasteiger charge is -2.11. The predicted molar refractivity (Wildman–Crippen MR) is 98.4 cm³/mol. The molecule has 0 aliphatic rings. The Hall–Kier alpha value is -2.68. The zero-order valence-corrected chi connectivity index (χ0v) is 15.4. The molecule has 27 heavy (non-hydrogen) atoms. The molecular weight excluding hydrogens is 379 g/mol. The Morgan fingerprint density at radius 1 is 1.00 bits per heavy atom. The first kappa shape index (κ1) is 20.6. The second kappa shape index (κ2) is 8.81. The fourth-order valence-electron chi connectivity index (χ4n) is 2.24. The number of benzene rings is 2. The molecule has 0 saturated heterocycles. The lowest BCUT2D eigenvalue weighted by atomic mass is 10.1. The van der Waals surface area contributed by atoms with Crippen molar-refractivity contribution < 1.29 is 22.8 Å². The van der Waals surface area contributed by atoms with Crippen LogP contribution in [0.1, 0.15) is 21.5 Å². The minimum atomic E-state index is -4.39. The molecule has 0 spiro atoms. The molecule has 0 heterocycles. The summed E-state index contributed by atoms with van der Waals surface area (Å²) < 4.78 is 36.8. The van der Waals surface area contributed by atoms with E-state index in [0.29, 0.717) is 0 Å². The average Bonchev–Trinajstić information content (AvgIpc) is 2.58. The number of rotatable bonds is 5. The maximum absolute atomic E-state index is 12.3. The first-order valence-corrected chi connectivity index (χ1v) is 8.72. The van der Waals surface area contributed by atoms with Gasteiger partial charge >= 0.3 is 5.51 Å². The van der Waals surface area contributed by atoms with Gasteiger partial charge < -0.3 is 5.32 Å². The Kier molecular flexibility index (Phi) is 6.73. The van der Waals surface area contributed by atoms with Crippen molar-refractivity contribution in [3.05, 3.63) is 59.2 Å². The van der Waals surface area contributed by atoms with Gasteiger partial charge in [0.2, 0.25) is 0 Å². The highest BCUT2D eigenvalue weighted by Crippen LogP contribution is 2.36. The standard InChI is InChI=1S/C18H18F3N3O2S/c1-11-3-8-15(12(2)9-11)22-10-16(25)23-24-17(26)13-4-6-14(7-5-13)27-18(19,20)21/h3-9,22H,10H2,1-2H3,(H,23,25)(H,24,26). The maximum atomic E-state index is 12.3. The quantitative estimate of drug-likeness (QED) is 0.530. The fraction of sp³-hybridized carbons (Fsp3) is 0.222. The van der Waals surface area contributed by atoms with E-state index in [-0.39, 0.29) is 28.8 Å². The van der Waals surface area contributed by atoms with Crippen LogP contribution in [0.15, 0.2) is 47.4 Å². The Labute approximate surface area is 158 Å². The number of aryl methyl sites for hydroxylation is 2. The summed E-state index contributed by atoms with van der Waals surface area (Å²) in [5.41, 5.74) is 3.11. The normalized spacial score (nSPS) is 11.0. The van der Waals surface area contributed by atoms with Gasteiger partial charge in [0.15, 0.2) is 0 Å². The maximum Gasteiger partial charge on any atom is 0.446 e. The molecule has 2 amide bonds. The van der Waals surface area contributed by atoms with Gasteiger partial charge in [0.1, 0.15) is 0 Å². The molecule has 144 valence electrons. The summed E-state index contributed by atoms with van der Waals surface area (Å²) in [7, 11) is 0. The molecule has 0 atom stereocenters. The number of thioether (sulfide) groups is 1. The summed E-state index contributed by atoms with van der Waals surface area (Å²) in [5.74, 6) is -1.09. The largest absolute Gasteiger partial charge is 0.446 e. The molecule has 5 nitrogen and oxygen atoms in total. The van der Waals surface area contributed by atoms with E-state index in [0.717, 1.165) is 16.8 Å². The highest BCUT2D eigenvalue weighted by Gasteiger charge is 2.29. The van der Waals surface area contributed by atoms with E-state index in [1.165, 1.54) is 24.3 Å². The van der Waals surface area contributed by atoms with Crippen LogP contribution in [0.3, 0.4) is 0 Å². The van der Waals surface area contributed by atoms with E-state index in [2.05, 4.69) is 16.2 Å². The molecular formula is C18H18F3N3O2S. The fourth-order valence-corrected chi connectivity index (χ4v) is 2.78. The van der Waals surface area contributed by atoms with E-state index in [1.54, 1.807) is 0 Å². The summed E-state index contributed by atoms with van der Waals surface area (Å²) in [4.78, 5) is 23.7. The van der Waals surface area contributed by atoms with Gasteiger partial charge in [-0.15, -0.1) is 0 Å². The minimum absolute atomic E-state index is 0.0271. The highest BCUT2D eigenvalue weighted by atomic mass is 32.2. The lowest BCUT2D eigenvalue weighted by molar-refractivity contribution is -0.120. The number of anilines is 1. The van der Waals surface area contributed by atoms with Crippen molar-refractivity contribution in [3.8, 4) is 0 Å². The Morgan fingerprint density at radius 2 is 1.67 bits per heavy atom. The zero-order valence-electron chi connectivity index (χ0n) is 14.6. The number of alkyl halides is 3. The van der Waals surface area contributed by atoms with Gasteiger partial charge in [-0.3, -0.25) is 20.4 Å². The molecule has 3 N–H and O–H groups in total. The molecule has 0 aromatic heterocycles. The van der Waals surface area contributed by atoms with Crippen LogP contribution in [0, 0.1) is 13.8 Å². The number of hydrogen-bond acceptors (Lipinski definition) is 4. The molecule has 9 heteroatoms. The van der Waals surface area contributed by atoms with E-state index < -0.39 is 17.3 Å². The number of carbonyl (C=O) groups is 2. The van der Waals surface area contributed by atoms with Crippen LogP contribution in [-0.4, -0.2) is 23.9 Å². The minimum Gasteiger partial charge on any atom is -0.376 e. The van der Waals surface area contributed by atoms with Gasteiger partial charge in [-0.2, -0.15) is 13.2 Å². The molecule has 2 aromatic carbocycles. The third-order valence-corrected chi connectivity index (χ3v) is 4.23. The first-order chi connectivity index (χ1) is 12.6. The zero-order chi connectivity index (χ0) is 20.0. The Balaban J connectivity index is 1.81. The number of nitrogens with one attached hydrogen (secondary N) is 3. The van der Waals surface area contributed by atoms with Gasteiger partial charge in [0.05, 0.1) is 6.54 Å². The lowest BCUT2D eigenvalue weighted by Crippen LogP contribution is -2.44. The smallest absolute Gasteiger partial charge is 0.376 e. The summed E-state index contributed by atoms with van der Waals surface area (Å²) >= 11 is -0.264. The molecule has 0 unspecified atom stereocenters. The predicted octanol–water partition coefficient (Wildman–Crippen LogP) is 3.79. The molecule has 2 rings (SSSR count). The van der Waals surface area contributed by atoms with Crippen LogP contribution < -0.4 is 16.2 Å². The number of halogens is 3. The molecule has 2 aromatic rings. The van der Waals surface area contributed by atoms with E-state index in [4.69, 9.17) is 0 Å². The van der Waals surface area contributed by atoms with E-state index >= 15 is 0 Å². The second-order valence-corrected chi connectivity index (χ2v) is 6.88. The van der Waals surface area contributed by atoms with Crippen molar-refractivity contribution >= 4 is 29.3 Å². The molecule has 0 saturated carbocycles. The van der Waals surface area contributed by atoms with Crippen LogP contribution in [0.4, 0.5) is 18.9 Å². The van der Waals surface area contributed by atoms with Gasteiger partial charge in [0, 0.05) is 16.1 Å². The third kappa shape index (κ3) is 6.86. The van der Waals surface area contributed by atoms with Crippen LogP contribution in [-0.2, 0) is 4.79 Å². The van der Waals surface area contributed by atoms with Crippen molar-refractivity contribution in [2.24, 2.45) is 0 Å². The van der Waals surface area contributed by atoms with Gasteiger partial charge in [-0.05, 0) is 61.5 Å². The summed E-state index contributed by atoms with van der Waals surface area (Å²) in [6.07, 6.45) is 0. The van der Waals surface area contributed by atoms with Crippen molar-refractivity contribution in [1.29, 1.82) is 0 Å². The van der Waals surface area contributed by atoms with Crippen LogP contribution in [0.5, 0.6) is 0 Å².